The quantitative estimate of drug-likeness (QED) is 0.899. The zero-order valence-electron chi connectivity index (χ0n) is 11.1. The molecule has 0 atom stereocenters. The van der Waals surface area contributed by atoms with Gasteiger partial charge in [0.1, 0.15) is 11.5 Å². The van der Waals surface area contributed by atoms with E-state index in [2.05, 4.69) is 22.8 Å². The van der Waals surface area contributed by atoms with Crippen LogP contribution >= 0.6 is 0 Å². The van der Waals surface area contributed by atoms with Crippen molar-refractivity contribution in [3.63, 3.8) is 0 Å². The molecule has 0 amide bonds. The second-order valence-corrected chi connectivity index (χ2v) is 5.29. The van der Waals surface area contributed by atoms with E-state index in [9.17, 15) is 0 Å². The molecule has 0 aromatic carbocycles. The molecule has 0 radical (unpaired) electrons. The van der Waals surface area contributed by atoms with Crippen molar-refractivity contribution in [1.82, 2.24) is 14.5 Å². The molecule has 2 heterocycles. The predicted molar refractivity (Wildman–Crippen MR) is 72.6 cm³/mol. The maximum atomic E-state index is 5.71. The maximum absolute atomic E-state index is 5.71. The molecular formula is C14H20N4. The fraction of sp³-hybridized carbons (Fsp3) is 0.571. The lowest BCUT2D eigenvalue weighted by Crippen LogP contribution is -2.13. The highest BCUT2D eigenvalue weighted by Gasteiger charge is 2.26. The van der Waals surface area contributed by atoms with Crippen LogP contribution in [0.3, 0.4) is 0 Å². The summed E-state index contributed by atoms with van der Waals surface area (Å²) in [5, 5.41) is 1.26. The smallest absolute Gasteiger partial charge is 0.143 e. The van der Waals surface area contributed by atoms with Crippen molar-refractivity contribution >= 4 is 11.0 Å². The van der Waals surface area contributed by atoms with Crippen LogP contribution in [0.25, 0.3) is 11.0 Å². The van der Waals surface area contributed by atoms with Crippen LogP contribution in [0.4, 0.5) is 0 Å². The van der Waals surface area contributed by atoms with Gasteiger partial charge >= 0.3 is 0 Å². The lowest BCUT2D eigenvalue weighted by molar-refractivity contribution is 0.413. The molecule has 4 nitrogen and oxygen atoms in total. The van der Waals surface area contributed by atoms with Crippen LogP contribution in [0.1, 0.15) is 42.3 Å². The third-order valence-electron chi connectivity index (χ3n) is 3.94. The van der Waals surface area contributed by atoms with Crippen LogP contribution in [-0.4, -0.2) is 21.1 Å². The van der Waals surface area contributed by atoms with Gasteiger partial charge in [0.2, 0.25) is 0 Å². The highest BCUT2D eigenvalue weighted by Crippen LogP contribution is 2.39. The minimum absolute atomic E-state index is 0.633. The number of rotatable bonds is 3. The molecule has 0 unspecified atom stereocenters. The Kier molecular flexibility index (Phi) is 2.82. The number of nitrogens with zero attached hydrogens (tertiary/aromatic N) is 3. The first-order chi connectivity index (χ1) is 8.70. The molecule has 3 rings (SSSR count). The van der Waals surface area contributed by atoms with Gasteiger partial charge in [-0.1, -0.05) is 6.42 Å². The Bertz CT molecular complexity index is 581. The molecule has 0 aliphatic heterocycles. The largest absolute Gasteiger partial charge is 0.335 e. The van der Waals surface area contributed by atoms with Gasteiger partial charge < -0.3 is 10.3 Å². The molecule has 2 aromatic heterocycles. The van der Waals surface area contributed by atoms with E-state index in [0.29, 0.717) is 12.5 Å². The average molecular weight is 244 g/mol. The number of hydrogen-bond acceptors (Lipinski definition) is 3. The molecule has 0 spiro atoms. The van der Waals surface area contributed by atoms with Gasteiger partial charge in [-0.2, -0.15) is 0 Å². The lowest BCUT2D eigenvalue weighted by Gasteiger charge is -2.25. The minimum Gasteiger partial charge on any atom is -0.335 e. The Hall–Kier alpha value is -1.42. The first-order valence-electron chi connectivity index (χ1n) is 6.73. The number of fused-ring (bicyclic) bond motifs is 1. The topological polar surface area (TPSA) is 56.7 Å². The van der Waals surface area contributed by atoms with E-state index in [0.717, 1.165) is 17.9 Å². The normalized spacial score (nSPS) is 16.2. The van der Waals surface area contributed by atoms with Crippen LogP contribution in [0.15, 0.2) is 6.20 Å². The Morgan fingerprint density at radius 1 is 1.39 bits per heavy atom. The molecule has 0 saturated heterocycles. The molecular weight excluding hydrogens is 224 g/mol. The van der Waals surface area contributed by atoms with Crippen LogP contribution in [0, 0.1) is 6.92 Å². The van der Waals surface area contributed by atoms with Gasteiger partial charge in [0.15, 0.2) is 0 Å². The number of hydrogen-bond donors (Lipinski definition) is 1. The highest BCUT2D eigenvalue weighted by atomic mass is 15.0. The molecule has 1 saturated carbocycles. The van der Waals surface area contributed by atoms with Gasteiger partial charge in [-0.3, -0.25) is 0 Å². The molecule has 0 bridgehead atoms. The summed E-state index contributed by atoms with van der Waals surface area (Å²) in [6, 6.07) is 0. The standard InChI is InChI=1S/C14H20N4/c1-9-16-13(10-4-3-5-10)12-11(6-7-15)8-18(2)14(12)17-9/h8,10H,3-7,15H2,1-2H3. The van der Waals surface area contributed by atoms with E-state index >= 15 is 0 Å². The van der Waals surface area contributed by atoms with E-state index < -0.39 is 0 Å². The lowest BCUT2D eigenvalue weighted by atomic mass is 9.81. The Labute approximate surface area is 107 Å². The fourth-order valence-corrected chi connectivity index (χ4v) is 2.82. The number of nitrogens with two attached hydrogens (primary N) is 1. The second-order valence-electron chi connectivity index (χ2n) is 5.29. The van der Waals surface area contributed by atoms with Crippen LogP contribution in [0.5, 0.6) is 0 Å². The summed E-state index contributed by atoms with van der Waals surface area (Å²) in [6.07, 6.45) is 6.93. The van der Waals surface area contributed by atoms with Gasteiger partial charge in [0, 0.05) is 24.5 Å². The Morgan fingerprint density at radius 2 is 2.17 bits per heavy atom. The summed E-state index contributed by atoms with van der Waals surface area (Å²) in [7, 11) is 2.05. The van der Waals surface area contributed by atoms with Crippen molar-refractivity contribution in [1.29, 1.82) is 0 Å². The number of aromatic nitrogens is 3. The molecule has 1 fully saturated rings. The van der Waals surface area contributed by atoms with E-state index in [1.54, 1.807) is 0 Å². The predicted octanol–water partition coefficient (Wildman–Crippen LogP) is 2.05. The van der Waals surface area contributed by atoms with Crippen molar-refractivity contribution in [2.45, 2.75) is 38.5 Å². The summed E-state index contributed by atoms with van der Waals surface area (Å²) in [5.41, 5.74) is 9.34. The third kappa shape index (κ3) is 1.72. The molecule has 2 aromatic rings. The van der Waals surface area contributed by atoms with Gasteiger partial charge in [0.05, 0.1) is 5.69 Å². The summed E-state index contributed by atoms with van der Waals surface area (Å²) in [6.45, 7) is 2.66. The summed E-state index contributed by atoms with van der Waals surface area (Å²) < 4.78 is 2.11. The fourth-order valence-electron chi connectivity index (χ4n) is 2.82. The van der Waals surface area contributed by atoms with E-state index in [1.807, 2.05) is 6.92 Å². The first-order valence-corrected chi connectivity index (χ1v) is 6.73. The highest BCUT2D eigenvalue weighted by molar-refractivity contribution is 5.83. The SMILES string of the molecule is Cc1nc(C2CCC2)c2c(CCN)cn(C)c2n1. The van der Waals surface area contributed by atoms with Crippen LogP contribution < -0.4 is 5.73 Å². The van der Waals surface area contributed by atoms with Crippen molar-refractivity contribution < 1.29 is 0 Å². The van der Waals surface area contributed by atoms with Gasteiger partial charge in [0.25, 0.3) is 0 Å². The van der Waals surface area contributed by atoms with Crippen molar-refractivity contribution in [2.75, 3.05) is 6.54 Å². The van der Waals surface area contributed by atoms with Crippen LogP contribution in [-0.2, 0) is 13.5 Å². The van der Waals surface area contributed by atoms with Gasteiger partial charge in [-0.25, -0.2) is 9.97 Å². The maximum Gasteiger partial charge on any atom is 0.143 e. The van der Waals surface area contributed by atoms with Crippen molar-refractivity contribution in [2.24, 2.45) is 12.8 Å². The van der Waals surface area contributed by atoms with Crippen LogP contribution in [0.2, 0.25) is 0 Å². The average Bonchev–Trinajstić information content (AvgIpc) is 2.54. The van der Waals surface area contributed by atoms with E-state index in [1.165, 1.54) is 35.9 Å². The van der Waals surface area contributed by atoms with E-state index in [-0.39, 0.29) is 0 Å². The monoisotopic (exact) mass is 244 g/mol. The Morgan fingerprint density at radius 3 is 2.78 bits per heavy atom. The third-order valence-corrected chi connectivity index (χ3v) is 3.94. The first kappa shape index (κ1) is 11.7. The minimum atomic E-state index is 0.633. The molecule has 2 N–H and O–H groups in total. The van der Waals surface area contributed by atoms with Crippen molar-refractivity contribution in [3.05, 3.63) is 23.3 Å². The summed E-state index contributed by atoms with van der Waals surface area (Å²) >= 11 is 0. The van der Waals surface area contributed by atoms with Gasteiger partial charge in [-0.15, -0.1) is 0 Å². The molecule has 1 aliphatic rings. The second kappa shape index (κ2) is 4.35. The molecule has 1 aliphatic carbocycles. The summed E-state index contributed by atoms with van der Waals surface area (Å²) in [4.78, 5) is 9.30. The van der Waals surface area contributed by atoms with Crippen molar-refractivity contribution in [3.8, 4) is 0 Å². The summed E-state index contributed by atoms with van der Waals surface area (Å²) in [5.74, 6) is 1.51. The zero-order chi connectivity index (χ0) is 12.7. The molecule has 4 heteroatoms. The number of aryl methyl sites for hydroxylation is 2. The van der Waals surface area contributed by atoms with E-state index in [4.69, 9.17) is 10.7 Å². The van der Waals surface area contributed by atoms with Gasteiger partial charge in [-0.05, 0) is 38.3 Å². The zero-order valence-corrected chi connectivity index (χ0v) is 11.1. The molecule has 18 heavy (non-hydrogen) atoms. The Balaban J connectivity index is 2.24. The molecule has 96 valence electrons.